The molecule has 0 radical (unpaired) electrons. The number of thioether (sulfide) groups is 1. The van der Waals surface area contributed by atoms with Gasteiger partial charge in [-0.15, -0.1) is 0 Å². The Morgan fingerprint density at radius 3 is 3.06 bits per heavy atom. The smallest absolute Gasteiger partial charge is 0.239 e. The lowest BCUT2D eigenvalue weighted by Crippen LogP contribution is -2.12. The van der Waals surface area contributed by atoms with Gasteiger partial charge in [-0.05, 0) is 18.2 Å². The number of aliphatic hydroxyl groups excluding tert-OH is 1. The molecule has 1 heterocycles. The van der Waals surface area contributed by atoms with Gasteiger partial charge in [0.2, 0.25) is 5.95 Å². The van der Waals surface area contributed by atoms with E-state index >= 15 is 0 Å². The maximum absolute atomic E-state index is 8.59. The lowest BCUT2D eigenvalue weighted by atomic mass is 10.5. The van der Waals surface area contributed by atoms with Gasteiger partial charge >= 0.3 is 0 Å². The Morgan fingerprint density at radius 1 is 1.44 bits per heavy atom. The van der Waals surface area contributed by atoms with Crippen molar-refractivity contribution in [2.45, 2.75) is 6.42 Å². The van der Waals surface area contributed by atoms with Crippen molar-refractivity contribution in [3.05, 3.63) is 12.3 Å². The monoisotopic (exact) mass is 243 g/mol. The molecular formula is C9H17N5OS. The summed E-state index contributed by atoms with van der Waals surface area (Å²) < 4.78 is 0. The SMILES string of the molecule is NNc1nccc(NCCSCCCO)n1. The number of nitrogens with zero attached hydrogens (tertiary/aromatic N) is 2. The zero-order chi connectivity index (χ0) is 11.6. The van der Waals surface area contributed by atoms with Crippen LogP contribution < -0.4 is 16.6 Å². The molecule has 0 amide bonds. The molecule has 6 nitrogen and oxygen atoms in total. The van der Waals surface area contributed by atoms with Gasteiger partial charge in [0.1, 0.15) is 5.82 Å². The van der Waals surface area contributed by atoms with E-state index in [-0.39, 0.29) is 6.61 Å². The van der Waals surface area contributed by atoms with Crippen LogP contribution in [0, 0.1) is 0 Å². The second kappa shape index (κ2) is 8.14. The summed E-state index contributed by atoms with van der Waals surface area (Å²) in [6, 6.07) is 1.79. The minimum Gasteiger partial charge on any atom is -0.396 e. The summed E-state index contributed by atoms with van der Waals surface area (Å²) in [5.41, 5.74) is 2.39. The summed E-state index contributed by atoms with van der Waals surface area (Å²) in [6.07, 6.45) is 2.49. The normalized spacial score (nSPS) is 10.1. The molecule has 1 rings (SSSR count). The molecule has 0 bridgehead atoms. The van der Waals surface area contributed by atoms with Crippen LogP contribution in [-0.4, -0.2) is 39.7 Å². The first-order valence-electron chi connectivity index (χ1n) is 5.09. The number of nitrogen functional groups attached to an aromatic ring is 1. The van der Waals surface area contributed by atoms with Crippen molar-refractivity contribution in [1.29, 1.82) is 0 Å². The fourth-order valence-corrected chi connectivity index (χ4v) is 1.83. The zero-order valence-corrected chi connectivity index (χ0v) is 9.83. The molecule has 0 fully saturated rings. The molecule has 16 heavy (non-hydrogen) atoms. The Hall–Kier alpha value is -1.05. The van der Waals surface area contributed by atoms with Gasteiger partial charge in [-0.1, -0.05) is 0 Å². The average Bonchev–Trinajstić information content (AvgIpc) is 2.34. The highest BCUT2D eigenvalue weighted by atomic mass is 32.2. The first-order valence-corrected chi connectivity index (χ1v) is 6.24. The van der Waals surface area contributed by atoms with E-state index in [1.54, 1.807) is 24.0 Å². The van der Waals surface area contributed by atoms with E-state index < -0.39 is 0 Å². The summed E-state index contributed by atoms with van der Waals surface area (Å²) in [6.45, 7) is 1.09. The molecule has 1 aromatic rings. The highest BCUT2D eigenvalue weighted by Gasteiger charge is 1.96. The topological polar surface area (TPSA) is 96.1 Å². The number of hydrogen-bond acceptors (Lipinski definition) is 7. The van der Waals surface area contributed by atoms with Gasteiger partial charge in [-0.2, -0.15) is 16.7 Å². The van der Waals surface area contributed by atoms with Crippen LogP contribution >= 0.6 is 11.8 Å². The van der Waals surface area contributed by atoms with Crippen LogP contribution in [0.2, 0.25) is 0 Å². The van der Waals surface area contributed by atoms with Gasteiger partial charge < -0.3 is 10.4 Å². The predicted molar refractivity (Wildman–Crippen MR) is 67.4 cm³/mol. The van der Waals surface area contributed by atoms with Crippen LogP contribution in [0.4, 0.5) is 11.8 Å². The Bertz CT molecular complexity index is 299. The van der Waals surface area contributed by atoms with Gasteiger partial charge in [0, 0.05) is 25.1 Å². The van der Waals surface area contributed by atoms with Gasteiger partial charge in [0.05, 0.1) is 0 Å². The largest absolute Gasteiger partial charge is 0.396 e. The molecule has 0 aliphatic rings. The van der Waals surface area contributed by atoms with Crippen LogP contribution in [0.1, 0.15) is 6.42 Å². The van der Waals surface area contributed by atoms with E-state index in [9.17, 15) is 0 Å². The Balaban J connectivity index is 2.16. The molecule has 0 aromatic carbocycles. The highest BCUT2D eigenvalue weighted by molar-refractivity contribution is 7.99. The molecule has 0 aliphatic carbocycles. The van der Waals surface area contributed by atoms with Crippen LogP contribution in [0.25, 0.3) is 0 Å². The lowest BCUT2D eigenvalue weighted by molar-refractivity contribution is 0.296. The number of rotatable bonds is 8. The van der Waals surface area contributed by atoms with Crippen LogP contribution in [-0.2, 0) is 0 Å². The van der Waals surface area contributed by atoms with Crippen molar-refractivity contribution in [2.24, 2.45) is 5.84 Å². The number of aromatic nitrogens is 2. The summed E-state index contributed by atoms with van der Waals surface area (Å²) in [7, 11) is 0. The number of anilines is 2. The second-order valence-corrected chi connectivity index (χ2v) is 4.25. The van der Waals surface area contributed by atoms with E-state index in [0.29, 0.717) is 5.95 Å². The summed E-state index contributed by atoms with van der Waals surface area (Å²) >= 11 is 1.80. The molecule has 7 heteroatoms. The Labute approximate surface area is 99.0 Å². The molecule has 0 spiro atoms. The first kappa shape index (κ1) is 13.0. The van der Waals surface area contributed by atoms with E-state index in [1.807, 2.05) is 0 Å². The van der Waals surface area contributed by atoms with Crippen molar-refractivity contribution in [2.75, 3.05) is 35.4 Å². The van der Waals surface area contributed by atoms with Crippen molar-refractivity contribution in [3.63, 3.8) is 0 Å². The number of hydrazine groups is 1. The molecular weight excluding hydrogens is 226 g/mol. The molecule has 0 atom stereocenters. The molecule has 0 unspecified atom stereocenters. The zero-order valence-electron chi connectivity index (χ0n) is 9.02. The standard InChI is InChI=1S/C9H17N5OS/c10-14-9-12-3-2-8(13-9)11-4-7-16-6-1-5-15/h2-3,15H,1,4-7,10H2,(H2,11,12,13,14). The van der Waals surface area contributed by atoms with Crippen LogP contribution in [0.3, 0.4) is 0 Å². The van der Waals surface area contributed by atoms with Crippen LogP contribution in [0.5, 0.6) is 0 Å². The maximum Gasteiger partial charge on any atom is 0.239 e. The lowest BCUT2D eigenvalue weighted by Gasteiger charge is -2.06. The predicted octanol–water partition coefficient (Wildman–Crippen LogP) is 0.290. The molecule has 5 N–H and O–H groups in total. The number of aliphatic hydroxyl groups is 1. The molecule has 1 aromatic heterocycles. The van der Waals surface area contributed by atoms with Crippen molar-refractivity contribution in [1.82, 2.24) is 9.97 Å². The first-order chi connectivity index (χ1) is 7.86. The third-order valence-electron chi connectivity index (χ3n) is 1.78. The fraction of sp³-hybridized carbons (Fsp3) is 0.556. The van der Waals surface area contributed by atoms with Gasteiger partial charge in [-0.25, -0.2) is 10.8 Å². The fourth-order valence-electron chi connectivity index (χ4n) is 1.05. The van der Waals surface area contributed by atoms with Crippen molar-refractivity contribution in [3.8, 4) is 0 Å². The third kappa shape index (κ3) is 5.15. The maximum atomic E-state index is 8.59. The third-order valence-corrected chi connectivity index (χ3v) is 2.85. The van der Waals surface area contributed by atoms with Crippen molar-refractivity contribution >= 4 is 23.5 Å². The van der Waals surface area contributed by atoms with Crippen molar-refractivity contribution < 1.29 is 5.11 Å². The average molecular weight is 243 g/mol. The van der Waals surface area contributed by atoms with E-state index in [1.165, 1.54) is 0 Å². The van der Waals surface area contributed by atoms with Crippen LogP contribution in [0.15, 0.2) is 12.3 Å². The summed E-state index contributed by atoms with van der Waals surface area (Å²) in [5, 5.41) is 11.8. The quantitative estimate of drug-likeness (QED) is 0.296. The van der Waals surface area contributed by atoms with E-state index in [2.05, 4.69) is 20.7 Å². The number of nitrogens with one attached hydrogen (secondary N) is 2. The Kier molecular flexibility index (Phi) is 6.62. The number of nitrogens with two attached hydrogens (primary N) is 1. The van der Waals surface area contributed by atoms with Gasteiger partial charge in [-0.3, -0.25) is 5.43 Å². The van der Waals surface area contributed by atoms with Gasteiger partial charge in [0.25, 0.3) is 0 Å². The minimum atomic E-state index is 0.262. The molecule has 0 saturated carbocycles. The highest BCUT2D eigenvalue weighted by Crippen LogP contribution is 2.06. The van der Waals surface area contributed by atoms with E-state index in [4.69, 9.17) is 10.9 Å². The second-order valence-electron chi connectivity index (χ2n) is 3.03. The number of hydrogen-bond donors (Lipinski definition) is 4. The molecule has 90 valence electrons. The minimum absolute atomic E-state index is 0.262. The summed E-state index contributed by atoms with van der Waals surface area (Å²) in [5.74, 6) is 8.32. The Morgan fingerprint density at radius 2 is 2.31 bits per heavy atom. The molecule has 0 saturated heterocycles. The molecule has 0 aliphatic heterocycles. The van der Waals surface area contributed by atoms with E-state index in [0.717, 1.165) is 30.3 Å². The summed E-state index contributed by atoms with van der Waals surface area (Å²) in [4.78, 5) is 8.02. The van der Waals surface area contributed by atoms with Gasteiger partial charge in [0.15, 0.2) is 0 Å².